The van der Waals surface area contributed by atoms with E-state index >= 15 is 0 Å². The topological polar surface area (TPSA) is 59.8 Å². The van der Waals surface area contributed by atoms with Gasteiger partial charge >= 0.3 is 0 Å². The predicted octanol–water partition coefficient (Wildman–Crippen LogP) is 2.66. The van der Waals surface area contributed by atoms with Crippen molar-refractivity contribution in [3.63, 3.8) is 0 Å². The molecule has 0 spiro atoms. The van der Waals surface area contributed by atoms with Crippen molar-refractivity contribution in [2.24, 2.45) is 0 Å². The summed E-state index contributed by atoms with van der Waals surface area (Å²) in [5.41, 5.74) is 1.66. The minimum Gasteiger partial charge on any atom is -0.321 e. The number of carbonyl (C=O) groups excluding carboxylic acids is 1. The van der Waals surface area contributed by atoms with Gasteiger partial charge in [0.15, 0.2) is 0 Å². The lowest BCUT2D eigenvalue weighted by atomic mass is 10.3. The Bertz CT molecular complexity index is 753. The molecule has 0 aliphatic rings. The Morgan fingerprint density at radius 2 is 1.76 bits per heavy atom. The van der Waals surface area contributed by atoms with Crippen LogP contribution in [0.3, 0.4) is 0 Å². The first-order valence-corrected chi connectivity index (χ1v) is 6.24. The molecular formula is C15H11FN4O. The smallest absolute Gasteiger partial charge is 0.274 e. The Labute approximate surface area is 120 Å². The number of nitrogens with one attached hydrogen (secondary N) is 1. The number of imidazole rings is 1. The number of nitrogens with zero attached hydrogens (tertiary/aromatic N) is 3. The van der Waals surface area contributed by atoms with Crippen LogP contribution in [-0.2, 0) is 0 Å². The van der Waals surface area contributed by atoms with E-state index in [1.165, 1.54) is 24.7 Å². The summed E-state index contributed by atoms with van der Waals surface area (Å²) >= 11 is 0. The Kier molecular flexibility index (Phi) is 3.42. The first kappa shape index (κ1) is 13.0. The third kappa shape index (κ3) is 2.79. The fourth-order valence-corrected chi connectivity index (χ4v) is 1.90. The van der Waals surface area contributed by atoms with Crippen LogP contribution in [0.15, 0.2) is 61.3 Å². The molecule has 3 rings (SSSR count). The molecule has 5 nitrogen and oxygen atoms in total. The number of rotatable bonds is 3. The molecule has 6 heteroatoms. The van der Waals surface area contributed by atoms with Crippen LogP contribution in [-0.4, -0.2) is 20.4 Å². The monoisotopic (exact) mass is 282 g/mol. The highest BCUT2D eigenvalue weighted by Gasteiger charge is 2.13. The molecule has 0 bridgehead atoms. The van der Waals surface area contributed by atoms with E-state index in [1.54, 1.807) is 41.2 Å². The summed E-state index contributed by atoms with van der Waals surface area (Å²) < 4.78 is 14.6. The van der Waals surface area contributed by atoms with Crippen molar-refractivity contribution in [2.45, 2.75) is 0 Å². The van der Waals surface area contributed by atoms with Crippen molar-refractivity contribution in [1.29, 1.82) is 0 Å². The van der Waals surface area contributed by atoms with Crippen LogP contribution < -0.4 is 5.32 Å². The van der Waals surface area contributed by atoms with E-state index in [9.17, 15) is 9.18 Å². The van der Waals surface area contributed by atoms with Crippen LogP contribution in [0.1, 0.15) is 10.5 Å². The van der Waals surface area contributed by atoms with E-state index in [2.05, 4.69) is 15.3 Å². The van der Waals surface area contributed by atoms with Gasteiger partial charge in [-0.3, -0.25) is 14.3 Å². The van der Waals surface area contributed by atoms with Crippen LogP contribution in [0.25, 0.3) is 5.69 Å². The van der Waals surface area contributed by atoms with Crippen LogP contribution in [0, 0.1) is 5.82 Å². The molecule has 1 N–H and O–H groups in total. The Balaban J connectivity index is 1.88. The summed E-state index contributed by atoms with van der Waals surface area (Å²) in [6, 6.07) is 9.22. The van der Waals surface area contributed by atoms with E-state index in [0.717, 1.165) is 0 Å². The number of aromatic nitrogens is 3. The standard InChI is InChI=1S/C15H11FN4O/c16-11-1-3-13(4-2-11)20-10-18-9-14(20)15(21)19-12-5-7-17-8-6-12/h1-10H,(H,17,19,21). The van der Waals surface area contributed by atoms with Crippen molar-refractivity contribution >= 4 is 11.6 Å². The first-order valence-electron chi connectivity index (χ1n) is 6.24. The molecule has 0 atom stereocenters. The van der Waals surface area contributed by atoms with Crippen LogP contribution in [0.5, 0.6) is 0 Å². The summed E-state index contributed by atoms with van der Waals surface area (Å²) in [5.74, 6) is -0.635. The molecule has 1 amide bonds. The first-order chi connectivity index (χ1) is 10.2. The number of halogens is 1. The van der Waals surface area contributed by atoms with Crippen LogP contribution >= 0.6 is 0 Å². The summed E-state index contributed by atoms with van der Waals surface area (Å²) in [6.07, 6.45) is 6.15. The maximum Gasteiger partial charge on any atom is 0.274 e. The van der Waals surface area contributed by atoms with Gasteiger partial charge < -0.3 is 5.32 Å². The summed E-state index contributed by atoms with van der Waals surface area (Å²) in [5, 5.41) is 2.75. The molecule has 0 aliphatic carbocycles. The third-order valence-corrected chi connectivity index (χ3v) is 2.91. The molecule has 0 aliphatic heterocycles. The third-order valence-electron chi connectivity index (χ3n) is 2.91. The van der Waals surface area contributed by atoms with Gasteiger partial charge in [-0.05, 0) is 36.4 Å². The number of benzene rings is 1. The molecule has 3 aromatic rings. The minimum absolute atomic E-state index is 0.303. The second-order valence-electron chi connectivity index (χ2n) is 4.32. The van der Waals surface area contributed by atoms with E-state index < -0.39 is 0 Å². The zero-order chi connectivity index (χ0) is 14.7. The van der Waals surface area contributed by atoms with E-state index in [1.807, 2.05) is 0 Å². The van der Waals surface area contributed by atoms with Crippen molar-refractivity contribution < 1.29 is 9.18 Å². The maximum absolute atomic E-state index is 13.0. The van der Waals surface area contributed by atoms with Gasteiger partial charge in [0, 0.05) is 23.8 Å². The number of carbonyl (C=O) groups is 1. The lowest BCUT2D eigenvalue weighted by Gasteiger charge is -2.08. The normalized spacial score (nSPS) is 10.3. The van der Waals surface area contributed by atoms with Crippen LogP contribution in [0.2, 0.25) is 0 Å². The summed E-state index contributed by atoms with van der Waals surface area (Å²) in [4.78, 5) is 20.1. The fourth-order valence-electron chi connectivity index (χ4n) is 1.90. The average molecular weight is 282 g/mol. The summed E-state index contributed by atoms with van der Waals surface area (Å²) in [6.45, 7) is 0. The molecule has 0 fully saturated rings. The van der Waals surface area contributed by atoms with Gasteiger partial charge in [0.25, 0.3) is 5.91 Å². The number of anilines is 1. The predicted molar refractivity (Wildman–Crippen MR) is 75.7 cm³/mol. The van der Waals surface area contributed by atoms with Crippen molar-refractivity contribution in [1.82, 2.24) is 14.5 Å². The second kappa shape index (κ2) is 5.54. The van der Waals surface area contributed by atoms with Crippen molar-refractivity contribution in [3.8, 4) is 5.69 Å². The molecule has 0 radical (unpaired) electrons. The minimum atomic E-state index is -0.332. The lowest BCUT2D eigenvalue weighted by Crippen LogP contribution is -2.16. The van der Waals surface area contributed by atoms with Gasteiger partial charge in [-0.2, -0.15) is 0 Å². The molecule has 2 heterocycles. The average Bonchev–Trinajstić information content (AvgIpc) is 2.98. The van der Waals surface area contributed by atoms with Crippen molar-refractivity contribution in [3.05, 3.63) is 72.8 Å². The molecule has 2 aromatic heterocycles. The quantitative estimate of drug-likeness (QED) is 0.803. The zero-order valence-corrected chi connectivity index (χ0v) is 10.9. The zero-order valence-electron chi connectivity index (χ0n) is 10.9. The van der Waals surface area contributed by atoms with E-state index in [-0.39, 0.29) is 11.7 Å². The second-order valence-corrected chi connectivity index (χ2v) is 4.32. The highest BCUT2D eigenvalue weighted by atomic mass is 19.1. The molecule has 104 valence electrons. The van der Waals surface area contributed by atoms with Crippen LogP contribution in [0.4, 0.5) is 10.1 Å². The molecular weight excluding hydrogens is 271 g/mol. The lowest BCUT2D eigenvalue weighted by molar-refractivity contribution is 0.102. The largest absolute Gasteiger partial charge is 0.321 e. The SMILES string of the molecule is O=C(Nc1ccncc1)c1cncn1-c1ccc(F)cc1. The van der Waals surface area contributed by atoms with Gasteiger partial charge in [-0.15, -0.1) is 0 Å². The van der Waals surface area contributed by atoms with E-state index in [4.69, 9.17) is 0 Å². The fraction of sp³-hybridized carbons (Fsp3) is 0. The highest BCUT2D eigenvalue weighted by Crippen LogP contribution is 2.14. The molecule has 21 heavy (non-hydrogen) atoms. The summed E-state index contributed by atoms with van der Waals surface area (Å²) in [7, 11) is 0. The maximum atomic E-state index is 13.0. The molecule has 0 saturated heterocycles. The Hall–Kier alpha value is -3.02. The van der Waals surface area contributed by atoms with E-state index in [0.29, 0.717) is 17.1 Å². The molecule has 1 aromatic carbocycles. The molecule has 0 unspecified atom stereocenters. The number of hydrogen-bond acceptors (Lipinski definition) is 3. The van der Waals surface area contributed by atoms with Crippen molar-refractivity contribution in [2.75, 3.05) is 5.32 Å². The van der Waals surface area contributed by atoms with Gasteiger partial charge in [0.05, 0.1) is 12.5 Å². The number of hydrogen-bond donors (Lipinski definition) is 1. The van der Waals surface area contributed by atoms with Gasteiger partial charge in [0.2, 0.25) is 0 Å². The van der Waals surface area contributed by atoms with Gasteiger partial charge in [-0.25, -0.2) is 9.37 Å². The number of amides is 1. The Morgan fingerprint density at radius 3 is 2.48 bits per heavy atom. The van der Waals surface area contributed by atoms with Gasteiger partial charge in [-0.1, -0.05) is 0 Å². The van der Waals surface area contributed by atoms with Gasteiger partial charge in [0.1, 0.15) is 11.5 Å². The highest BCUT2D eigenvalue weighted by molar-refractivity contribution is 6.03. The Morgan fingerprint density at radius 1 is 1.05 bits per heavy atom. The molecule has 0 saturated carbocycles. The number of pyridine rings is 1.